The van der Waals surface area contributed by atoms with E-state index < -0.39 is 12.5 Å². The molecular weight excluding hydrogens is 263 g/mol. The highest BCUT2D eigenvalue weighted by Gasteiger charge is 2.31. The van der Waals surface area contributed by atoms with Crippen LogP contribution >= 0.6 is 27.5 Å². The van der Waals surface area contributed by atoms with Gasteiger partial charge in [-0.15, -0.1) is 0 Å². The lowest BCUT2D eigenvalue weighted by Gasteiger charge is -2.15. The van der Waals surface area contributed by atoms with Gasteiger partial charge in [0, 0.05) is 15.1 Å². The van der Waals surface area contributed by atoms with Gasteiger partial charge in [0.2, 0.25) is 0 Å². The van der Waals surface area contributed by atoms with Crippen molar-refractivity contribution >= 4 is 27.5 Å². The Balaban J connectivity index is 3.16. The molecule has 0 aromatic heterocycles. The minimum absolute atomic E-state index is 0.139. The van der Waals surface area contributed by atoms with Crippen LogP contribution in [0.2, 0.25) is 5.02 Å². The van der Waals surface area contributed by atoms with E-state index in [-0.39, 0.29) is 10.0 Å². The first-order valence-electron chi connectivity index (χ1n) is 3.51. The molecule has 0 aliphatic heterocycles. The van der Waals surface area contributed by atoms with Crippen LogP contribution in [-0.2, 0) is 5.92 Å². The number of hydrogen-bond acceptors (Lipinski definition) is 1. The predicted molar refractivity (Wildman–Crippen MR) is 52.1 cm³/mol. The first-order valence-corrected chi connectivity index (χ1v) is 4.68. The van der Waals surface area contributed by atoms with Gasteiger partial charge in [0.1, 0.15) is 0 Å². The second-order valence-corrected chi connectivity index (χ2v) is 3.82. The Morgan fingerprint density at radius 1 is 1.46 bits per heavy atom. The molecule has 72 valence electrons. The molecule has 1 rings (SSSR count). The lowest BCUT2D eigenvalue weighted by Crippen LogP contribution is -2.25. The molecule has 13 heavy (non-hydrogen) atoms. The van der Waals surface area contributed by atoms with Crippen molar-refractivity contribution in [2.24, 2.45) is 5.73 Å². The minimum atomic E-state index is -3.01. The largest absolute Gasteiger partial charge is 0.325 e. The van der Waals surface area contributed by atoms with Crippen LogP contribution in [0.3, 0.4) is 0 Å². The van der Waals surface area contributed by atoms with Crippen LogP contribution in [0.15, 0.2) is 22.7 Å². The van der Waals surface area contributed by atoms with E-state index in [1.165, 1.54) is 18.2 Å². The standard InChI is InChI=1S/C8H7BrClF2N/c9-7-3-5(10)1-2-6(7)8(11,12)4-13/h1-3H,4,13H2. The number of alkyl halides is 2. The maximum atomic E-state index is 13.1. The topological polar surface area (TPSA) is 26.0 Å². The summed E-state index contributed by atoms with van der Waals surface area (Å²) in [6.07, 6.45) is 0. The Kier molecular flexibility index (Phi) is 3.27. The van der Waals surface area contributed by atoms with Crippen molar-refractivity contribution in [1.82, 2.24) is 0 Å². The fourth-order valence-electron chi connectivity index (χ4n) is 0.896. The second kappa shape index (κ2) is 3.90. The van der Waals surface area contributed by atoms with Crippen LogP contribution in [-0.4, -0.2) is 6.54 Å². The third kappa shape index (κ3) is 2.39. The number of rotatable bonds is 2. The van der Waals surface area contributed by atoms with Gasteiger partial charge in [0.05, 0.1) is 6.54 Å². The summed E-state index contributed by atoms with van der Waals surface area (Å²) in [5, 5.41) is 0.406. The Hall–Kier alpha value is -0.190. The molecule has 0 aliphatic rings. The van der Waals surface area contributed by atoms with Crippen LogP contribution in [0.1, 0.15) is 5.56 Å². The zero-order valence-corrected chi connectivity index (χ0v) is 8.87. The number of halogens is 4. The molecule has 1 aromatic carbocycles. The summed E-state index contributed by atoms with van der Waals surface area (Å²) in [4.78, 5) is 0. The maximum absolute atomic E-state index is 13.1. The van der Waals surface area contributed by atoms with Gasteiger partial charge in [-0.25, -0.2) is 0 Å². The smallest absolute Gasteiger partial charge is 0.286 e. The van der Waals surface area contributed by atoms with Crippen molar-refractivity contribution in [1.29, 1.82) is 0 Å². The first kappa shape index (κ1) is 10.9. The molecule has 0 heterocycles. The molecule has 0 spiro atoms. The summed E-state index contributed by atoms with van der Waals surface area (Å²) in [5.74, 6) is -3.01. The van der Waals surface area contributed by atoms with Crippen molar-refractivity contribution in [3.8, 4) is 0 Å². The Bertz CT molecular complexity index is 317. The highest BCUT2D eigenvalue weighted by molar-refractivity contribution is 9.10. The molecule has 0 saturated heterocycles. The van der Waals surface area contributed by atoms with Gasteiger partial charge < -0.3 is 5.73 Å². The van der Waals surface area contributed by atoms with Gasteiger partial charge in [-0.05, 0) is 12.1 Å². The molecule has 0 atom stereocenters. The summed E-state index contributed by atoms with van der Waals surface area (Å²) in [5.41, 5.74) is 4.80. The van der Waals surface area contributed by atoms with Gasteiger partial charge in [-0.1, -0.05) is 33.6 Å². The highest BCUT2D eigenvalue weighted by Crippen LogP contribution is 2.33. The molecule has 0 amide bonds. The van der Waals surface area contributed by atoms with Gasteiger partial charge in [-0.2, -0.15) is 8.78 Å². The average Bonchev–Trinajstić information content (AvgIpc) is 2.03. The summed E-state index contributed by atoms with van der Waals surface area (Å²) in [6.45, 7) is -0.715. The molecule has 0 saturated carbocycles. The predicted octanol–water partition coefficient (Wildman–Crippen LogP) is 3.15. The van der Waals surface area contributed by atoms with Gasteiger partial charge in [0.15, 0.2) is 0 Å². The molecule has 0 bridgehead atoms. The van der Waals surface area contributed by atoms with Crippen molar-refractivity contribution in [3.05, 3.63) is 33.3 Å². The Morgan fingerprint density at radius 3 is 2.54 bits per heavy atom. The van der Waals surface area contributed by atoms with E-state index in [4.69, 9.17) is 17.3 Å². The molecule has 0 aliphatic carbocycles. The lowest BCUT2D eigenvalue weighted by molar-refractivity contribution is 0.00521. The summed E-state index contributed by atoms with van der Waals surface area (Å²) < 4.78 is 26.4. The van der Waals surface area contributed by atoms with Crippen molar-refractivity contribution in [2.75, 3.05) is 6.54 Å². The normalized spacial score (nSPS) is 11.8. The minimum Gasteiger partial charge on any atom is -0.325 e. The van der Waals surface area contributed by atoms with E-state index in [1.807, 2.05) is 0 Å². The fourth-order valence-corrected chi connectivity index (χ4v) is 1.87. The molecule has 1 aromatic rings. The maximum Gasteiger partial charge on any atom is 0.286 e. The van der Waals surface area contributed by atoms with Crippen LogP contribution in [0.25, 0.3) is 0 Å². The number of hydrogen-bond donors (Lipinski definition) is 1. The van der Waals surface area contributed by atoms with E-state index in [0.717, 1.165) is 0 Å². The molecule has 0 radical (unpaired) electrons. The summed E-state index contributed by atoms with van der Waals surface area (Å²) in [6, 6.07) is 4.09. The molecule has 0 unspecified atom stereocenters. The van der Waals surface area contributed by atoms with E-state index in [0.29, 0.717) is 5.02 Å². The van der Waals surface area contributed by atoms with Gasteiger partial charge in [-0.3, -0.25) is 0 Å². The average molecular weight is 271 g/mol. The lowest BCUT2D eigenvalue weighted by atomic mass is 10.1. The third-order valence-electron chi connectivity index (χ3n) is 1.58. The molecule has 2 N–H and O–H groups in total. The van der Waals surface area contributed by atoms with Gasteiger partial charge in [0.25, 0.3) is 5.92 Å². The molecule has 5 heteroatoms. The van der Waals surface area contributed by atoms with Gasteiger partial charge >= 0.3 is 0 Å². The summed E-state index contributed by atoms with van der Waals surface area (Å²) in [7, 11) is 0. The molecule has 0 fully saturated rings. The van der Waals surface area contributed by atoms with Crippen molar-refractivity contribution in [3.63, 3.8) is 0 Å². The van der Waals surface area contributed by atoms with Crippen LogP contribution in [0, 0.1) is 0 Å². The van der Waals surface area contributed by atoms with E-state index in [9.17, 15) is 8.78 Å². The van der Waals surface area contributed by atoms with E-state index >= 15 is 0 Å². The number of benzene rings is 1. The van der Waals surface area contributed by atoms with Crippen molar-refractivity contribution < 1.29 is 8.78 Å². The second-order valence-electron chi connectivity index (χ2n) is 2.53. The fraction of sp³-hybridized carbons (Fsp3) is 0.250. The molecule has 1 nitrogen and oxygen atoms in total. The highest BCUT2D eigenvalue weighted by atomic mass is 79.9. The van der Waals surface area contributed by atoms with Crippen LogP contribution in [0.4, 0.5) is 8.78 Å². The Labute approximate surface area is 88.0 Å². The quantitative estimate of drug-likeness (QED) is 0.878. The SMILES string of the molecule is NCC(F)(F)c1ccc(Cl)cc1Br. The number of nitrogens with two attached hydrogens (primary N) is 1. The van der Waals surface area contributed by atoms with Crippen LogP contribution < -0.4 is 5.73 Å². The monoisotopic (exact) mass is 269 g/mol. The van der Waals surface area contributed by atoms with Crippen LogP contribution in [0.5, 0.6) is 0 Å². The molecular formula is C8H7BrClF2N. The zero-order chi connectivity index (χ0) is 10.1. The zero-order valence-electron chi connectivity index (χ0n) is 6.53. The Morgan fingerprint density at radius 2 is 2.08 bits per heavy atom. The first-order chi connectivity index (χ1) is 5.97. The third-order valence-corrected chi connectivity index (χ3v) is 2.47. The van der Waals surface area contributed by atoms with E-state index in [1.54, 1.807) is 0 Å². The summed E-state index contributed by atoms with van der Waals surface area (Å²) >= 11 is 8.61. The van der Waals surface area contributed by atoms with E-state index in [2.05, 4.69) is 15.9 Å². The van der Waals surface area contributed by atoms with Crippen molar-refractivity contribution in [2.45, 2.75) is 5.92 Å².